The van der Waals surface area contributed by atoms with E-state index < -0.39 is 6.04 Å². The van der Waals surface area contributed by atoms with E-state index in [4.69, 9.17) is 11.0 Å². The second-order valence-corrected chi connectivity index (χ2v) is 5.48. The first-order valence-corrected chi connectivity index (χ1v) is 6.12. The van der Waals surface area contributed by atoms with Crippen molar-refractivity contribution in [2.24, 2.45) is 0 Å². The molecule has 0 heterocycles. The van der Waals surface area contributed by atoms with Crippen LogP contribution in [0.3, 0.4) is 0 Å². The number of nitrogens with one attached hydrogen (secondary N) is 2. The Morgan fingerprint density at radius 2 is 2.05 bits per heavy atom. The largest absolute Gasteiger partial charge is 0.396 e. The van der Waals surface area contributed by atoms with Crippen molar-refractivity contribution in [1.29, 1.82) is 5.26 Å². The molecule has 0 saturated carbocycles. The van der Waals surface area contributed by atoms with E-state index in [1.54, 1.807) is 25.1 Å². The molecule has 0 spiro atoms. The molecule has 1 aromatic rings. The molecule has 1 amide bonds. The molecule has 1 rings (SSSR count). The highest BCUT2D eigenvalue weighted by Crippen LogP contribution is 2.22. The van der Waals surface area contributed by atoms with Crippen LogP contribution in [-0.2, 0) is 4.79 Å². The first-order chi connectivity index (χ1) is 8.74. The van der Waals surface area contributed by atoms with Crippen molar-refractivity contribution >= 4 is 17.3 Å². The van der Waals surface area contributed by atoms with Crippen LogP contribution in [0.2, 0.25) is 0 Å². The zero-order chi connectivity index (χ0) is 14.6. The van der Waals surface area contributed by atoms with Gasteiger partial charge in [0, 0.05) is 5.54 Å². The van der Waals surface area contributed by atoms with Crippen LogP contribution in [0.25, 0.3) is 0 Å². The van der Waals surface area contributed by atoms with E-state index in [0.717, 1.165) is 0 Å². The number of hydrogen-bond donors (Lipinski definition) is 3. The number of nitrogens with zero attached hydrogens (tertiary/aromatic N) is 1. The summed E-state index contributed by atoms with van der Waals surface area (Å²) in [5.74, 6) is -0.116. The van der Waals surface area contributed by atoms with Gasteiger partial charge in [-0.3, -0.25) is 4.79 Å². The van der Waals surface area contributed by atoms with Crippen LogP contribution < -0.4 is 16.4 Å². The number of benzene rings is 1. The Morgan fingerprint density at radius 1 is 1.42 bits per heavy atom. The molecule has 0 fully saturated rings. The molecule has 19 heavy (non-hydrogen) atoms. The fraction of sp³-hybridized carbons (Fsp3) is 0.429. The van der Waals surface area contributed by atoms with Gasteiger partial charge in [0.25, 0.3) is 0 Å². The van der Waals surface area contributed by atoms with E-state index >= 15 is 0 Å². The number of amides is 1. The number of rotatable bonds is 3. The van der Waals surface area contributed by atoms with Crippen LogP contribution in [0.5, 0.6) is 0 Å². The van der Waals surface area contributed by atoms with Crippen molar-refractivity contribution in [2.75, 3.05) is 11.1 Å². The normalized spacial score (nSPS) is 12.4. The molecule has 0 saturated heterocycles. The SMILES string of the molecule is CC(Nc1cccc(C#N)c1N)C(=O)NC(C)(C)C. The molecule has 102 valence electrons. The fourth-order valence-electron chi connectivity index (χ4n) is 1.57. The van der Waals surface area contributed by atoms with Gasteiger partial charge in [-0.1, -0.05) is 6.07 Å². The first kappa shape index (κ1) is 14.8. The molecule has 0 bridgehead atoms. The summed E-state index contributed by atoms with van der Waals surface area (Å²) >= 11 is 0. The Hall–Kier alpha value is -2.22. The van der Waals surface area contributed by atoms with Crippen molar-refractivity contribution in [1.82, 2.24) is 5.32 Å². The van der Waals surface area contributed by atoms with Crippen molar-refractivity contribution in [2.45, 2.75) is 39.3 Å². The van der Waals surface area contributed by atoms with Crippen LogP contribution >= 0.6 is 0 Å². The fourth-order valence-corrected chi connectivity index (χ4v) is 1.57. The quantitative estimate of drug-likeness (QED) is 0.723. The number of nitrogens with two attached hydrogens (primary N) is 1. The molecule has 0 radical (unpaired) electrons. The molecule has 1 unspecified atom stereocenters. The maximum atomic E-state index is 11.9. The highest BCUT2D eigenvalue weighted by atomic mass is 16.2. The van der Waals surface area contributed by atoms with Crippen LogP contribution in [0.1, 0.15) is 33.3 Å². The number of carbonyl (C=O) groups is 1. The Kier molecular flexibility index (Phi) is 4.38. The maximum absolute atomic E-state index is 11.9. The minimum absolute atomic E-state index is 0.116. The van der Waals surface area contributed by atoms with Gasteiger partial charge in [-0.2, -0.15) is 5.26 Å². The van der Waals surface area contributed by atoms with Gasteiger partial charge in [0.15, 0.2) is 0 Å². The summed E-state index contributed by atoms with van der Waals surface area (Å²) < 4.78 is 0. The van der Waals surface area contributed by atoms with E-state index in [1.165, 1.54) is 0 Å². The van der Waals surface area contributed by atoms with Gasteiger partial charge in [0.1, 0.15) is 12.1 Å². The lowest BCUT2D eigenvalue weighted by atomic mass is 10.1. The topological polar surface area (TPSA) is 90.9 Å². The maximum Gasteiger partial charge on any atom is 0.242 e. The van der Waals surface area contributed by atoms with Crippen molar-refractivity contribution in [3.63, 3.8) is 0 Å². The summed E-state index contributed by atoms with van der Waals surface area (Å²) in [6, 6.07) is 6.69. The monoisotopic (exact) mass is 260 g/mol. The summed E-state index contributed by atoms with van der Waals surface area (Å²) in [6.07, 6.45) is 0. The second kappa shape index (κ2) is 5.61. The number of para-hydroxylation sites is 1. The van der Waals surface area contributed by atoms with Crippen molar-refractivity contribution < 1.29 is 4.79 Å². The molecule has 0 aliphatic carbocycles. The summed E-state index contributed by atoms with van der Waals surface area (Å²) in [7, 11) is 0. The van der Waals surface area contributed by atoms with Gasteiger partial charge in [0.2, 0.25) is 5.91 Å². The lowest BCUT2D eigenvalue weighted by molar-refractivity contribution is -0.122. The Morgan fingerprint density at radius 3 is 2.58 bits per heavy atom. The molecule has 5 nitrogen and oxygen atoms in total. The van der Waals surface area contributed by atoms with Crippen LogP contribution in [0, 0.1) is 11.3 Å². The van der Waals surface area contributed by atoms with Gasteiger partial charge in [-0.15, -0.1) is 0 Å². The summed E-state index contributed by atoms with van der Waals surface area (Å²) in [6.45, 7) is 7.51. The molecule has 4 N–H and O–H groups in total. The van der Waals surface area contributed by atoms with Gasteiger partial charge in [0.05, 0.1) is 16.9 Å². The lowest BCUT2D eigenvalue weighted by Crippen LogP contribution is -2.47. The minimum atomic E-state index is -0.435. The number of carbonyl (C=O) groups excluding carboxylic acids is 1. The molecule has 5 heteroatoms. The van der Waals surface area contributed by atoms with Crippen molar-refractivity contribution in [3.05, 3.63) is 23.8 Å². The van der Waals surface area contributed by atoms with E-state index in [0.29, 0.717) is 16.9 Å². The van der Waals surface area contributed by atoms with E-state index in [-0.39, 0.29) is 11.4 Å². The zero-order valence-corrected chi connectivity index (χ0v) is 11.7. The first-order valence-electron chi connectivity index (χ1n) is 6.12. The Labute approximate surface area is 113 Å². The number of hydrogen-bond acceptors (Lipinski definition) is 4. The molecule has 1 atom stereocenters. The van der Waals surface area contributed by atoms with Gasteiger partial charge >= 0.3 is 0 Å². The third-order valence-corrected chi connectivity index (χ3v) is 2.49. The van der Waals surface area contributed by atoms with Gasteiger partial charge in [-0.25, -0.2) is 0 Å². The Balaban J connectivity index is 2.81. The highest BCUT2D eigenvalue weighted by Gasteiger charge is 2.19. The lowest BCUT2D eigenvalue weighted by Gasteiger charge is -2.24. The summed E-state index contributed by atoms with van der Waals surface area (Å²) in [5.41, 5.74) is 6.92. The minimum Gasteiger partial charge on any atom is -0.396 e. The smallest absolute Gasteiger partial charge is 0.242 e. The molecule has 1 aromatic carbocycles. The van der Waals surface area contributed by atoms with Gasteiger partial charge in [-0.05, 0) is 39.8 Å². The molecule has 0 aromatic heterocycles. The third kappa shape index (κ3) is 4.18. The predicted octanol–water partition coefficient (Wildman–Crippen LogP) is 1.86. The van der Waals surface area contributed by atoms with E-state index in [9.17, 15) is 4.79 Å². The number of nitrogen functional groups attached to an aromatic ring is 1. The summed E-state index contributed by atoms with van der Waals surface area (Å²) in [4.78, 5) is 11.9. The van der Waals surface area contributed by atoms with Crippen LogP contribution in [0.4, 0.5) is 11.4 Å². The van der Waals surface area contributed by atoms with Gasteiger partial charge < -0.3 is 16.4 Å². The van der Waals surface area contributed by atoms with Crippen LogP contribution in [0.15, 0.2) is 18.2 Å². The molecular weight excluding hydrogens is 240 g/mol. The Bertz CT molecular complexity index is 511. The van der Waals surface area contributed by atoms with Crippen molar-refractivity contribution in [3.8, 4) is 6.07 Å². The van der Waals surface area contributed by atoms with E-state index in [1.807, 2.05) is 26.8 Å². The highest BCUT2D eigenvalue weighted by molar-refractivity contribution is 5.86. The van der Waals surface area contributed by atoms with E-state index in [2.05, 4.69) is 10.6 Å². The molecule has 0 aliphatic rings. The molecular formula is C14H20N4O. The standard InChI is InChI=1S/C14H20N4O/c1-9(13(19)18-14(2,3)4)17-11-7-5-6-10(8-15)12(11)16/h5-7,9,17H,16H2,1-4H3,(H,18,19). The average Bonchev–Trinajstić information content (AvgIpc) is 2.29. The second-order valence-electron chi connectivity index (χ2n) is 5.48. The third-order valence-electron chi connectivity index (χ3n) is 2.49. The average molecular weight is 260 g/mol. The number of anilines is 2. The number of nitriles is 1. The zero-order valence-electron chi connectivity index (χ0n) is 11.7. The predicted molar refractivity (Wildman–Crippen MR) is 76.5 cm³/mol. The summed E-state index contributed by atoms with van der Waals surface area (Å²) in [5, 5.41) is 14.8. The molecule has 0 aliphatic heterocycles. The van der Waals surface area contributed by atoms with Crippen LogP contribution in [-0.4, -0.2) is 17.5 Å².